The van der Waals surface area contributed by atoms with Gasteiger partial charge in [0.05, 0.1) is 24.6 Å². The third-order valence-electron chi connectivity index (χ3n) is 2.22. The molecule has 2 unspecified atom stereocenters. The summed E-state index contributed by atoms with van der Waals surface area (Å²) in [5.74, 6) is -0.193. The zero-order valence-electron chi connectivity index (χ0n) is 9.95. The fraction of sp³-hybridized carbons (Fsp3) is 0.818. The maximum atomic E-state index is 11.5. The molecule has 2 atom stereocenters. The van der Waals surface area contributed by atoms with E-state index >= 15 is 0 Å². The van der Waals surface area contributed by atoms with Crippen molar-refractivity contribution in [3.05, 3.63) is 0 Å². The van der Waals surface area contributed by atoms with Gasteiger partial charge in [-0.3, -0.25) is 0 Å². The molecule has 1 fully saturated rings. The molecule has 5 heteroatoms. The minimum atomic E-state index is -0.526. The Hall–Kier alpha value is -1.28. The highest BCUT2D eigenvalue weighted by Gasteiger charge is 2.28. The van der Waals surface area contributed by atoms with Crippen LogP contribution in [0.5, 0.6) is 0 Å². The third-order valence-corrected chi connectivity index (χ3v) is 2.22. The lowest BCUT2D eigenvalue weighted by atomic mass is 9.97. The van der Waals surface area contributed by atoms with Gasteiger partial charge in [-0.15, -0.1) is 0 Å². The van der Waals surface area contributed by atoms with Crippen molar-refractivity contribution in [3.8, 4) is 6.07 Å². The van der Waals surface area contributed by atoms with Gasteiger partial charge in [-0.25, -0.2) is 4.79 Å². The molecule has 1 saturated heterocycles. The van der Waals surface area contributed by atoms with E-state index in [4.69, 9.17) is 14.7 Å². The first kappa shape index (κ1) is 12.8. The predicted octanol–water partition coefficient (Wildman–Crippen LogP) is 1.44. The lowest BCUT2D eigenvalue weighted by molar-refractivity contribution is 0.0261. The molecule has 0 radical (unpaired) electrons. The number of hydrogen-bond acceptors (Lipinski definition) is 4. The van der Waals surface area contributed by atoms with E-state index in [1.807, 2.05) is 0 Å². The Morgan fingerprint density at radius 1 is 1.56 bits per heavy atom. The SMILES string of the molecule is CC(C)(C)OC(=O)NC1COCCC1C#N. The van der Waals surface area contributed by atoms with Crippen LogP contribution in [-0.2, 0) is 9.47 Å². The zero-order valence-corrected chi connectivity index (χ0v) is 9.95. The van der Waals surface area contributed by atoms with Gasteiger partial charge < -0.3 is 14.8 Å². The van der Waals surface area contributed by atoms with Crippen LogP contribution < -0.4 is 5.32 Å². The Kier molecular flexibility index (Phi) is 4.13. The topological polar surface area (TPSA) is 71.3 Å². The molecule has 0 aromatic rings. The highest BCUT2D eigenvalue weighted by Crippen LogP contribution is 2.15. The van der Waals surface area contributed by atoms with Gasteiger partial charge >= 0.3 is 6.09 Å². The van der Waals surface area contributed by atoms with Crippen molar-refractivity contribution in [2.45, 2.75) is 38.8 Å². The van der Waals surface area contributed by atoms with Crippen LogP contribution in [0.1, 0.15) is 27.2 Å². The van der Waals surface area contributed by atoms with E-state index in [1.54, 1.807) is 20.8 Å². The van der Waals surface area contributed by atoms with Gasteiger partial charge in [-0.1, -0.05) is 0 Å². The van der Waals surface area contributed by atoms with E-state index in [-0.39, 0.29) is 12.0 Å². The molecule has 90 valence electrons. The second-order valence-corrected chi connectivity index (χ2v) is 4.85. The highest BCUT2D eigenvalue weighted by molar-refractivity contribution is 5.68. The van der Waals surface area contributed by atoms with Gasteiger partial charge in [0.25, 0.3) is 0 Å². The van der Waals surface area contributed by atoms with Crippen LogP contribution in [0, 0.1) is 17.2 Å². The van der Waals surface area contributed by atoms with Gasteiger partial charge in [0.2, 0.25) is 0 Å². The molecule has 1 aliphatic rings. The lowest BCUT2D eigenvalue weighted by Gasteiger charge is -2.29. The number of nitrogens with one attached hydrogen (secondary N) is 1. The molecule has 1 heterocycles. The molecule has 1 amide bonds. The Morgan fingerprint density at radius 3 is 2.81 bits per heavy atom. The molecule has 16 heavy (non-hydrogen) atoms. The van der Waals surface area contributed by atoms with Crippen LogP contribution >= 0.6 is 0 Å². The number of carbonyl (C=O) groups is 1. The molecule has 0 bridgehead atoms. The number of carbonyl (C=O) groups excluding carboxylic acids is 1. The monoisotopic (exact) mass is 226 g/mol. The minimum absolute atomic E-state index is 0.193. The van der Waals surface area contributed by atoms with E-state index in [0.717, 1.165) is 0 Å². The average Bonchev–Trinajstić information content (AvgIpc) is 2.15. The van der Waals surface area contributed by atoms with Crippen LogP contribution in [0.15, 0.2) is 0 Å². The summed E-state index contributed by atoms with van der Waals surface area (Å²) >= 11 is 0. The van der Waals surface area contributed by atoms with E-state index in [2.05, 4.69) is 11.4 Å². The summed E-state index contributed by atoms with van der Waals surface area (Å²) in [6.45, 7) is 6.34. The van der Waals surface area contributed by atoms with E-state index in [0.29, 0.717) is 19.6 Å². The van der Waals surface area contributed by atoms with Crippen molar-refractivity contribution in [2.24, 2.45) is 5.92 Å². The van der Waals surface area contributed by atoms with Crippen LogP contribution in [0.2, 0.25) is 0 Å². The van der Waals surface area contributed by atoms with Crippen molar-refractivity contribution >= 4 is 6.09 Å². The van der Waals surface area contributed by atoms with Gasteiger partial charge in [-0.05, 0) is 27.2 Å². The van der Waals surface area contributed by atoms with E-state index in [9.17, 15) is 4.79 Å². The molecule has 0 aromatic carbocycles. The first-order chi connectivity index (χ1) is 7.42. The second kappa shape index (κ2) is 5.17. The number of rotatable bonds is 1. The maximum Gasteiger partial charge on any atom is 0.407 e. The smallest absolute Gasteiger partial charge is 0.407 e. The first-order valence-electron chi connectivity index (χ1n) is 5.39. The van der Waals surface area contributed by atoms with E-state index in [1.165, 1.54) is 0 Å². The summed E-state index contributed by atoms with van der Waals surface area (Å²) in [5.41, 5.74) is -0.526. The van der Waals surface area contributed by atoms with E-state index < -0.39 is 11.7 Å². The van der Waals surface area contributed by atoms with Crippen LogP contribution in [0.3, 0.4) is 0 Å². The number of amides is 1. The Morgan fingerprint density at radius 2 is 2.25 bits per heavy atom. The number of alkyl carbamates (subject to hydrolysis) is 1. The summed E-state index contributed by atoms with van der Waals surface area (Å²) in [6.07, 6.45) is 0.153. The molecule has 0 spiro atoms. The normalized spacial score (nSPS) is 25.6. The minimum Gasteiger partial charge on any atom is -0.444 e. The molecule has 1 aliphatic heterocycles. The fourth-order valence-corrected chi connectivity index (χ4v) is 1.49. The Balaban J connectivity index is 2.46. The lowest BCUT2D eigenvalue weighted by Crippen LogP contribution is -2.47. The molecule has 0 saturated carbocycles. The van der Waals surface area contributed by atoms with Crippen molar-refractivity contribution in [1.29, 1.82) is 5.26 Å². The fourth-order valence-electron chi connectivity index (χ4n) is 1.49. The van der Waals surface area contributed by atoms with Gasteiger partial charge in [-0.2, -0.15) is 5.26 Å². The molecule has 1 N–H and O–H groups in total. The Bertz CT molecular complexity index is 291. The predicted molar refractivity (Wildman–Crippen MR) is 57.7 cm³/mol. The molecule has 1 rings (SSSR count). The van der Waals surface area contributed by atoms with Crippen LogP contribution in [0.25, 0.3) is 0 Å². The summed E-state index contributed by atoms with van der Waals surface area (Å²) < 4.78 is 10.3. The number of ether oxygens (including phenoxy) is 2. The number of nitriles is 1. The van der Waals surface area contributed by atoms with Gasteiger partial charge in [0.15, 0.2) is 0 Å². The third kappa shape index (κ3) is 4.07. The van der Waals surface area contributed by atoms with Crippen LogP contribution in [-0.4, -0.2) is 30.9 Å². The summed E-state index contributed by atoms with van der Waals surface area (Å²) in [5, 5.41) is 11.6. The van der Waals surface area contributed by atoms with Crippen LogP contribution in [0.4, 0.5) is 4.79 Å². The molecule has 0 aromatic heterocycles. The average molecular weight is 226 g/mol. The zero-order chi connectivity index (χ0) is 12.2. The summed E-state index contributed by atoms with van der Waals surface area (Å²) in [6, 6.07) is 1.90. The van der Waals surface area contributed by atoms with Crippen molar-refractivity contribution in [3.63, 3.8) is 0 Å². The molecular weight excluding hydrogens is 208 g/mol. The highest BCUT2D eigenvalue weighted by atomic mass is 16.6. The van der Waals surface area contributed by atoms with Crippen molar-refractivity contribution < 1.29 is 14.3 Å². The largest absolute Gasteiger partial charge is 0.444 e. The number of hydrogen-bond donors (Lipinski definition) is 1. The first-order valence-corrected chi connectivity index (χ1v) is 5.39. The van der Waals surface area contributed by atoms with Gasteiger partial charge in [0, 0.05) is 6.61 Å². The summed E-state index contributed by atoms with van der Waals surface area (Å²) in [4.78, 5) is 11.5. The Labute approximate surface area is 95.7 Å². The molecule has 5 nitrogen and oxygen atoms in total. The quantitative estimate of drug-likeness (QED) is 0.734. The second-order valence-electron chi connectivity index (χ2n) is 4.85. The van der Waals surface area contributed by atoms with Gasteiger partial charge in [0.1, 0.15) is 5.60 Å². The standard InChI is InChI=1S/C11H18N2O3/c1-11(2,3)16-10(14)13-9-7-15-5-4-8(9)6-12/h8-9H,4-5,7H2,1-3H3,(H,13,14). The van der Waals surface area contributed by atoms with Crippen molar-refractivity contribution in [1.82, 2.24) is 5.32 Å². The number of nitrogens with zero attached hydrogens (tertiary/aromatic N) is 1. The maximum absolute atomic E-state index is 11.5. The molecular formula is C11H18N2O3. The van der Waals surface area contributed by atoms with Crippen molar-refractivity contribution in [2.75, 3.05) is 13.2 Å². The summed E-state index contributed by atoms with van der Waals surface area (Å²) in [7, 11) is 0. The molecule has 0 aliphatic carbocycles.